The number of aromatic nitrogens is 1. The van der Waals surface area contributed by atoms with E-state index in [0.29, 0.717) is 36.6 Å². The number of nitrogens with zero attached hydrogens (tertiary/aromatic N) is 2. The Morgan fingerprint density at radius 1 is 1.20 bits per heavy atom. The molecule has 0 radical (unpaired) electrons. The van der Waals surface area contributed by atoms with Crippen LogP contribution in [0, 0.1) is 5.92 Å². The number of rotatable bonds is 4. The van der Waals surface area contributed by atoms with Crippen LogP contribution < -0.4 is 5.32 Å². The van der Waals surface area contributed by atoms with E-state index in [1.807, 2.05) is 41.2 Å². The van der Waals surface area contributed by atoms with E-state index < -0.39 is 0 Å². The Morgan fingerprint density at radius 2 is 1.88 bits per heavy atom. The molecule has 0 unspecified atom stereocenters. The van der Waals surface area contributed by atoms with Crippen LogP contribution in [0.2, 0.25) is 5.02 Å². The van der Waals surface area contributed by atoms with Gasteiger partial charge in [-0.25, -0.2) is 0 Å². The van der Waals surface area contributed by atoms with Gasteiger partial charge in [0, 0.05) is 37.1 Å². The molecule has 1 aliphatic rings. The summed E-state index contributed by atoms with van der Waals surface area (Å²) in [7, 11) is 0. The number of nitrogens with one attached hydrogen (secondary N) is 1. The smallest absolute Gasteiger partial charge is 0.245 e. The van der Waals surface area contributed by atoms with E-state index in [1.165, 1.54) is 6.08 Å². The standard InChI is InChI=1S/C19H20ClN3O2/c1-2-18(24)23-11-7-14(8-12-23)19(25)21-15-5-6-17(16(20)13-15)22-9-3-4-10-22/h2-6,9-10,13-14H,1,7-8,11-12H2,(H,21,25). The molecule has 1 saturated heterocycles. The summed E-state index contributed by atoms with van der Waals surface area (Å²) < 4.78 is 1.92. The topological polar surface area (TPSA) is 54.3 Å². The second-order valence-corrected chi connectivity index (χ2v) is 6.46. The first-order chi connectivity index (χ1) is 12.1. The molecule has 0 aliphatic carbocycles. The van der Waals surface area contributed by atoms with E-state index >= 15 is 0 Å². The first kappa shape index (κ1) is 17.3. The van der Waals surface area contributed by atoms with Crippen LogP contribution in [-0.2, 0) is 9.59 Å². The maximum atomic E-state index is 12.5. The molecular weight excluding hydrogens is 338 g/mol. The summed E-state index contributed by atoms with van der Waals surface area (Å²) in [5.41, 5.74) is 1.54. The fourth-order valence-electron chi connectivity index (χ4n) is 3.02. The summed E-state index contributed by atoms with van der Waals surface area (Å²) in [4.78, 5) is 25.8. The number of likely N-dealkylation sites (tertiary alicyclic amines) is 1. The Bertz CT molecular complexity index is 778. The molecule has 130 valence electrons. The third-order valence-electron chi connectivity index (χ3n) is 4.45. The number of hydrogen-bond acceptors (Lipinski definition) is 2. The van der Waals surface area contributed by atoms with Crippen molar-refractivity contribution < 1.29 is 9.59 Å². The number of carbonyl (C=O) groups is 2. The average molecular weight is 358 g/mol. The van der Waals surface area contributed by atoms with Gasteiger partial charge in [0.2, 0.25) is 11.8 Å². The molecule has 1 aliphatic heterocycles. The zero-order valence-corrected chi connectivity index (χ0v) is 14.6. The third kappa shape index (κ3) is 3.94. The molecule has 0 saturated carbocycles. The molecule has 0 spiro atoms. The van der Waals surface area contributed by atoms with Crippen LogP contribution in [0.3, 0.4) is 0 Å². The Balaban J connectivity index is 1.61. The predicted molar refractivity (Wildman–Crippen MR) is 98.9 cm³/mol. The maximum absolute atomic E-state index is 12.5. The van der Waals surface area contributed by atoms with Crippen molar-refractivity contribution in [1.82, 2.24) is 9.47 Å². The molecule has 1 aromatic heterocycles. The van der Waals surface area contributed by atoms with Gasteiger partial charge in [-0.2, -0.15) is 0 Å². The molecule has 0 bridgehead atoms. The minimum atomic E-state index is -0.100. The van der Waals surface area contributed by atoms with Crippen molar-refractivity contribution in [3.63, 3.8) is 0 Å². The van der Waals surface area contributed by atoms with E-state index in [-0.39, 0.29) is 17.7 Å². The number of halogens is 1. The monoisotopic (exact) mass is 357 g/mol. The van der Waals surface area contributed by atoms with Crippen LogP contribution in [0.15, 0.2) is 55.4 Å². The third-order valence-corrected chi connectivity index (χ3v) is 4.75. The molecular formula is C19H20ClN3O2. The minimum Gasteiger partial charge on any atom is -0.339 e. The summed E-state index contributed by atoms with van der Waals surface area (Å²) in [6.07, 6.45) is 6.45. The Morgan fingerprint density at radius 3 is 2.48 bits per heavy atom. The minimum absolute atomic E-state index is 0.0320. The van der Waals surface area contributed by atoms with Crippen molar-refractivity contribution in [2.24, 2.45) is 5.92 Å². The predicted octanol–water partition coefficient (Wildman–Crippen LogP) is 3.49. The second kappa shape index (κ2) is 7.57. The number of hydrogen-bond donors (Lipinski definition) is 1. The molecule has 2 amide bonds. The Kier molecular flexibility index (Phi) is 5.24. The summed E-state index contributed by atoms with van der Waals surface area (Å²) in [6.45, 7) is 4.65. The van der Waals surface area contributed by atoms with Gasteiger partial charge >= 0.3 is 0 Å². The van der Waals surface area contributed by atoms with Crippen LogP contribution in [0.25, 0.3) is 5.69 Å². The highest BCUT2D eigenvalue weighted by Crippen LogP contribution is 2.26. The van der Waals surface area contributed by atoms with E-state index in [9.17, 15) is 9.59 Å². The zero-order valence-electron chi connectivity index (χ0n) is 13.8. The summed E-state index contributed by atoms with van der Waals surface area (Å²) in [6, 6.07) is 9.33. The summed E-state index contributed by atoms with van der Waals surface area (Å²) in [5, 5.41) is 3.50. The SMILES string of the molecule is C=CC(=O)N1CCC(C(=O)Nc2ccc(-n3cccc3)c(Cl)c2)CC1. The van der Waals surface area contributed by atoms with Crippen molar-refractivity contribution in [2.75, 3.05) is 18.4 Å². The highest BCUT2D eigenvalue weighted by molar-refractivity contribution is 6.32. The fourth-order valence-corrected chi connectivity index (χ4v) is 3.30. The number of carbonyl (C=O) groups excluding carboxylic acids is 2. The molecule has 0 atom stereocenters. The maximum Gasteiger partial charge on any atom is 0.245 e. The first-order valence-corrected chi connectivity index (χ1v) is 8.61. The molecule has 3 rings (SSSR count). The first-order valence-electron chi connectivity index (χ1n) is 8.23. The van der Waals surface area contributed by atoms with E-state index in [0.717, 1.165) is 5.69 Å². The van der Waals surface area contributed by atoms with Gasteiger partial charge in [0.15, 0.2) is 0 Å². The molecule has 2 aromatic rings. The Labute approximate surface area is 151 Å². The van der Waals surface area contributed by atoms with E-state index in [1.54, 1.807) is 11.0 Å². The lowest BCUT2D eigenvalue weighted by Crippen LogP contribution is -2.40. The lowest BCUT2D eigenvalue weighted by Gasteiger charge is -2.30. The highest BCUT2D eigenvalue weighted by Gasteiger charge is 2.26. The van der Waals surface area contributed by atoms with Crippen LogP contribution in [-0.4, -0.2) is 34.4 Å². The summed E-state index contributed by atoms with van der Waals surface area (Å²) in [5.74, 6) is -0.210. The molecule has 1 N–H and O–H groups in total. The quantitative estimate of drug-likeness (QED) is 0.851. The van der Waals surface area contributed by atoms with Crippen LogP contribution in [0.4, 0.5) is 5.69 Å². The van der Waals surface area contributed by atoms with Crippen molar-refractivity contribution in [2.45, 2.75) is 12.8 Å². The van der Waals surface area contributed by atoms with Crippen LogP contribution in [0.5, 0.6) is 0 Å². The normalized spacial score (nSPS) is 15.0. The van der Waals surface area contributed by atoms with Gasteiger partial charge in [0.1, 0.15) is 0 Å². The van der Waals surface area contributed by atoms with Gasteiger partial charge < -0.3 is 14.8 Å². The van der Waals surface area contributed by atoms with Crippen LogP contribution in [0.1, 0.15) is 12.8 Å². The number of amides is 2. The van der Waals surface area contributed by atoms with Crippen molar-refractivity contribution in [3.05, 3.63) is 60.4 Å². The van der Waals surface area contributed by atoms with Crippen molar-refractivity contribution >= 4 is 29.1 Å². The van der Waals surface area contributed by atoms with Crippen molar-refractivity contribution in [3.8, 4) is 5.69 Å². The Hall–Kier alpha value is -2.53. The van der Waals surface area contributed by atoms with E-state index in [2.05, 4.69) is 11.9 Å². The van der Waals surface area contributed by atoms with Gasteiger partial charge in [0.25, 0.3) is 0 Å². The average Bonchev–Trinajstić information content (AvgIpc) is 3.15. The molecule has 1 aromatic carbocycles. The fraction of sp³-hybridized carbons (Fsp3) is 0.263. The summed E-state index contributed by atoms with van der Waals surface area (Å²) >= 11 is 6.33. The molecule has 6 heteroatoms. The lowest BCUT2D eigenvalue weighted by atomic mass is 9.95. The molecule has 25 heavy (non-hydrogen) atoms. The molecule has 1 fully saturated rings. The number of benzene rings is 1. The largest absolute Gasteiger partial charge is 0.339 e. The zero-order chi connectivity index (χ0) is 17.8. The van der Waals surface area contributed by atoms with Gasteiger partial charge in [0.05, 0.1) is 10.7 Å². The van der Waals surface area contributed by atoms with Crippen molar-refractivity contribution in [1.29, 1.82) is 0 Å². The van der Waals surface area contributed by atoms with Gasteiger partial charge in [-0.1, -0.05) is 18.2 Å². The van der Waals surface area contributed by atoms with Gasteiger partial charge in [-0.3, -0.25) is 9.59 Å². The van der Waals surface area contributed by atoms with E-state index in [4.69, 9.17) is 11.6 Å². The van der Waals surface area contributed by atoms with Gasteiger partial charge in [-0.05, 0) is 49.2 Å². The van der Waals surface area contributed by atoms with Gasteiger partial charge in [-0.15, -0.1) is 0 Å². The number of anilines is 1. The number of piperidine rings is 1. The molecule has 5 nitrogen and oxygen atoms in total. The van der Waals surface area contributed by atoms with Crippen LogP contribution >= 0.6 is 11.6 Å². The highest BCUT2D eigenvalue weighted by atomic mass is 35.5. The molecule has 2 heterocycles. The lowest BCUT2D eigenvalue weighted by molar-refractivity contribution is -0.130. The second-order valence-electron chi connectivity index (χ2n) is 6.05.